The molecule has 6 heteroatoms. The van der Waals surface area contributed by atoms with Crippen molar-refractivity contribution >= 4 is 21.4 Å². The SMILES string of the molecule is CCCS(=O)(=O)CCn1nc(CC)c(C(C)Cl)c1CC. The van der Waals surface area contributed by atoms with E-state index in [2.05, 4.69) is 12.0 Å². The zero-order chi connectivity index (χ0) is 15.3. The van der Waals surface area contributed by atoms with Gasteiger partial charge in [0.15, 0.2) is 9.84 Å². The first-order chi connectivity index (χ1) is 9.36. The summed E-state index contributed by atoms with van der Waals surface area (Å²) in [6, 6.07) is 0. The summed E-state index contributed by atoms with van der Waals surface area (Å²) in [6.07, 6.45) is 2.29. The molecular formula is C14H25ClN2O2S. The molecule has 0 aliphatic rings. The lowest BCUT2D eigenvalue weighted by Crippen LogP contribution is -2.18. The van der Waals surface area contributed by atoms with Crippen LogP contribution in [0.4, 0.5) is 0 Å². The number of rotatable bonds is 8. The highest BCUT2D eigenvalue weighted by molar-refractivity contribution is 7.91. The number of halogens is 1. The first kappa shape index (κ1) is 17.5. The van der Waals surface area contributed by atoms with Gasteiger partial charge in [-0.05, 0) is 26.2 Å². The molecular weight excluding hydrogens is 296 g/mol. The third-order valence-electron chi connectivity index (χ3n) is 3.37. The van der Waals surface area contributed by atoms with Crippen molar-refractivity contribution in [2.45, 2.75) is 58.9 Å². The van der Waals surface area contributed by atoms with E-state index in [-0.39, 0.29) is 16.9 Å². The Kier molecular flexibility index (Phi) is 6.52. The van der Waals surface area contributed by atoms with E-state index in [1.54, 1.807) is 0 Å². The fraction of sp³-hybridized carbons (Fsp3) is 0.786. The lowest BCUT2D eigenvalue weighted by molar-refractivity contribution is 0.571. The van der Waals surface area contributed by atoms with E-state index in [1.165, 1.54) is 0 Å². The molecule has 0 amide bonds. The number of aryl methyl sites for hydroxylation is 2. The Balaban J connectivity index is 3.01. The van der Waals surface area contributed by atoms with Gasteiger partial charge >= 0.3 is 0 Å². The van der Waals surface area contributed by atoms with Crippen LogP contribution in [-0.4, -0.2) is 29.7 Å². The maximum atomic E-state index is 11.8. The molecule has 1 rings (SSSR count). The van der Waals surface area contributed by atoms with Crippen molar-refractivity contribution in [1.82, 2.24) is 9.78 Å². The predicted octanol–water partition coefficient (Wildman–Crippen LogP) is 3.13. The Bertz CT molecular complexity index is 536. The van der Waals surface area contributed by atoms with Crippen LogP contribution in [-0.2, 0) is 29.2 Å². The van der Waals surface area contributed by atoms with Crippen molar-refractivity contribution in [1.29, 1.82) is 0 Å². The molecule has 20 heavy (non-hydrogen) atoms. The molecule has 0 aliphatic carbocycles. The van der Waals surface area contributed by atoms with Crippen LogP contribution in [0.1, 0.15) is 56.4 Å². The summed E-state index contributed by atoms with van der Waals surface area (Å²) in [6.45, 7) is 8.33. The molecule has 0 saturated carbocycles. The smallest absolute Gasteiger partial charge is 0.152 e. The van der Waals surface area contributed by atoms with Crippen LogP contribution in [0, 0.1) is 0 Å². The highest BCUT2D eigenvalue weighted by atomic mass is 35.5. The van der Waals surface area contributed by atoms with Crippen LogP contribution in [0.15, 0.2) is 0 Å². The number of alkyl halides is 1. The summed E-state index contributed by atoms with van der Waals surface area (Å²) in [5.41, 5.74) is 3.12. The minimum atomic E-state index is -2.98. The summed E-state index contributed by atoms with van der Waals surface area (Å²) in [5, 5.41) is 4.46. The van der Waals surface area contributed by atoms with Crippen molar-refractivity contribution in [3.05, 3.63) is 17.0 Å². The summed E-state index contributed by atoms with van der Waals surface area (Å²) >= 11 is 6.25. The molecule has 4 nitrogen and oxygen atoms in total. The van der Waals surface area contributed by atoms with Gasteiger partial charge in [0, 0.05) is 17.0 Å². The molecule has 1 heterocycles. The van der Waals surface area contributed by atoms with Gasteiger partial charge in [0.1, 0.15) is 0 Å². The Morgan fingerprint density at radius 3 is 2.30 bits per heavy atom. The van der Waals surface area contributed by atoms with Crippen molar-refractivity contribution in [2.24, 2.45) is 0 Å². The van der Waals surface area contributed by atoms with Gasteiger partial charge in [-0.15, -0.1) is 11.6 Å². The van der Waals surface area contributed by atoms with Crippen LogP contribution < -0.4 is 0 Å². The second-order valence-electron chi connectivity index (χ2n) is 5.01. The van der Waals surface area contributed by atoms with Gasteiger partial charge in [0.25, 0.3) is 0 Å². The molecule has 0 saturated heterocycles. The number of hydrogen-bond donors (Lipinski definition) is 0. The third-order valence-corrected chi connectivity index (χ3v) is 5.42. The second-order valence-corrected chi connectivity index (χ2v) is 7.96. The lowest BCUT2D eigenvalue weighted by Gasteiger charge is -2.09. The van der Waals surface area contributed by atoms with E-state index in [9.17, 15) is 8.42 Å². The summed E-state index contributed by atoms with van der Waals surface area (Å²) in [7, 11) is -2.98. The number of nitrogens with zero attached hydrogens (tertiary/aromatic N) is 2. The van der Waals surface area contributed by atoms with E-state index in [0.29, 0.717) is 13.0 Å². The molecule has 0 bridgehead atoms. The van der Waals surface area contributed by atoms with E-state index in [0.717, 1.165) is 29.8 Å². The Hall–Kier alpha value is -0.550. The molecule has 0 fully saturated rings. The van der Waals surface area contributed by atoms with Crippen LogP contribution >= 0.6 is 11.6 Å². The molecule has 0 N–H and O–H groups in total. The van der Waals surface area contributed by atoms with Gasteiger partial charge < -0.3 is 0 Å². The minimum Gasteiger partial charge on any atom is -0.268 e. The summed E-state index contributed by atoms with van der Waals surface area (Å²) in [4.78, 5) is 0. The van der Waals surface area contributed by atoms with E-state index < -0.39 is 9.84 Å². The van der Waals surface area contributed by atoms with Gasteiger partial charge in [0.2, 0.25) is 0 Å². The topological polar surface area (TPSA) is 52.0 Å². The maximum absolute atomic E-state index is 11.8. The van der Waals surface area contributed by atoms with E-state index in [4.69, 9.17) is 11.6 Å². The normalized spacial score (nSPS) is 13.7. The molecule has 0 aromatic carbocycles. The van der Waals surface area contributed by atoms with Crippen molar-refractivity contribution in [3.63, 3.8) is 0 Å². The van der Waals surface area contributed by atoms with Gasteiger partial charge in [-0.25, -0.2) is 8.42 Å². The highest BCUT2D eigenvalue weighted by Gasteiger charge is 2.20. The molecule has 1 aromatic heterocycles. The minimum absolute atomic E-state index is 0.0964. The van der Waals surface area contributed by atoms with E-state index >= 15 is 0 Å². The number of hydrogen-bond acceptors (Lipinski definition) is 3. The van der Waals surface area contributed by atoms with E-state index in [1.807, 2.05) is 25.5 Å². The Morgan fingerprint density at radius 2 is 1.85 bits per heavy atom. The molecule has 0 spiro atoms. The Labute approximate surface area is 127 Å². The fourth-order valence-electron chi connectivity index (χ4n) is 2.48. The van der Waals surface area contributed by atoms with Crippen molar-refractivity contribution in [2.75, 3.05) is 11.5 Å². The van der Waals surface area contributed by atoms with Crippen LogP contribution in [0.25, 0.3) is 0 Å². The van der Waals surface area contributed by atoms with Gasteiger partial charge in [-0.3, -0.25) is 4.68 Å². The van der Waals surface area contributed by atoms with Crippen LogP contribution in [0.5, 0.6) is 0 Å². The fourth-order valence-corrected chi connectivity index (χ4v) is 4.01. The number of aromatic nitrogens is 2. The molecule has 1 unspecified atom stereocenters. The lowest BCUT2D eigenvalue weighted by atomic mass is 10.1. The van der Waals surface area contributed by atoms with Crippen LogP contribution in [0.3, 0.4) is 0 Å². The molecule has 1 atom stereocenters. The van der Waals surface area contributed by atoms with Gasteiger partial charge in [-0.2, -0.15) is 5.10 Å². The van der Waals surface area contributed by atoms with Gasteiger partial charge in [0.05, 0.1) is 23.4 Å². The average Bonchev–Trinajstić information content (AvgIpc) is 2.74. The second kappa shape index (κ2) is 7.46. The zero-order valence-corrected chi connectivity index (χ0v) is 14.4. The maximum Gasteiger partial charge on any atom is 0.152 e. The molecule has 0 aliphatic heterocycles. The summed E-state index contributed by atoms with van der Waals surface area (Å²) in [5.74, 6) is 0.393. The van der Waals surface area contributed by atoms with Gasteiger partial charge in [-0.1, -0.05) is 20.8 Å². The first-order valence-corrected chi connectivity index (χ1v) is 9.54. The van der Waals surface area contributed by atoms with Crippen LogP contribution in [0.2, 0.25) is 0 Å². The zero-order valence-electron chi connectivity index (χ0n) is 12.8. The Morgan fingerprint density at radius 1 is 1.20 bits per heavy atom. The molecule has 0 radical (unpaired) electrons. The predicted molar refractivity (Wildman–Crippen MR) is 84.2 cm³/mol. The quantitative estimate of drug-likeness (QED) is 0.691. The largest absolute Gasteiger partial charge is 0.268 e. The summed E-state index contributed by atoms with van der Waals surface area (Å²) < 4.78 is 25.5. The monoisotopic (exact) mass is 320 g/mol. The number of sulfone groups is 1. The molecule has 116 valence electrons. The van der Waals surface area contributed by atoms with Crippen molar-refractivity contribution < 1.29 is 8.42 Å². The average molecular weight is 321 g/mol. The standard InChI is InChI=1S/C14H25ClN2O2S/c1-5-9-20(18,19)10-8-17-13(7-3)14(11(4)15)12(6-2)16-17/h11H,5-10H2,1-4H3. The first-order valence-electron chi connectivity index (χ1n) is 7.29. The third kappa shape index (κ3) is 4.22. The highest BCUT2D eigenvalue weighted by Crippen LogP contribution is 2.28. The van der Waals surface area contributed by atoms with Crippen molar-refractivity contribution in [3.8, 4) is 0 Å². The molecule has 1 aromatic rings.